The van der Waals surface area contributed by atoms with Gasteiger partial charge in [-0.15, -0.1) is 11.3 Å². The number of carbonyl (C=O) groups is 2. The Hall–Kier alpha value is -2.49. The molecule has 0 bridgehead atoms. The number of nitrogens with one attached hydrogen (secondary N) is 2. The lowest BCUT2D eigenvalue weighted by Gasteiger charge is -2.17. The third-order valence-corrected chi connectivity index (χ3v) is 6.36. The number of ether oxygens (including phenoxy) is 2. The molecule has 9 heteroatoms. The minimum absolute atomic E-state index is 0.341. The van der Waals surface area contributed by atoms with Gasteiger partial charge in [-0.25, -0.2) is 9.59 Å². The predicted molar refractivity (Wildman–Crippen MR) is 134 cm³/mol. The van der Waals surface area contributed by atoms with Crippen LogP contribution in [0.4, 0.5) is 10.7 Å². The number of hydrogen-bond donors (Lipinski definition) is 2. The molecule has 0 unspecified atom stereocenters. The number of thiophene rings is 1. The van der Waals surface area contributed by atoms with Crippen LogP contribution in [0.5, 0.6) is 0 Å². The van der Waals surface area contributed by atoms with E-state index in [4.69, 9.17) is 21.7 Å². The Morgan fingerprint density at radius 2 is 1.72 bits per heavy atom. The van der Waals surface area contributed by atoms with Gasteiger partial charge in [-0.3, -0.25) is 0 Å². The number of carbonyl (C=O) groups excluding carboxylic acids is 2. The van der Waals surface area contributed by atoms with Crippen LogP contribution >= 0.6 is 23.6 Å². The second kappa shape index (κ2) is 12.5. The van der Waals surface area contributed by atoms with E-state index in [0.29, 0.717) is 40.1 Å². The van der Waals surface area contributed by atoms with Crippen molar-refractivity contribution in [2.45, 2.75) is 34.1 Å². The monoisotopic (exact) mass is 477 g/mol. The first-order chi connectivity index (χ1) is 15.3. The van der Waals surface area contributed by atoms with Crippen LogP contribution in [0.15, 0.2) is 24.3 Å². The molecule has 0 aliphatic rings. The molecule has 0 saturated carbocycles. The Balaban J connectivity index is 1.97. The Morgan fingerprint density at radius 1 is 1.06 bits per heavy atom. The van der Waals surface area contributed by atoms with Gasteiger partial charge in [0.15, 0.2) is 5.11 Å². The van der Waals surface area contributed by atoms with Crippen molar-refractivity contribution in [3.8, 4) is 0 Å². The number of aryl methyl sites for hydroxylation is 1. The number of anilines is 2. The summed E-state index contributed by atoms with van der Waals surface area (Å²) in [6, 6.07) is 6.89. The topological polar surface area (TPSA) is 79.9 Å². The van der Waals surface area contributed by atoms with E-state index in [-0.39, 0.29) is 11.9 Å². The van der Waals surface area contributed by atoms with E-state index in [1.807, 2.05) is 13.8 Å². The number of thiocarbonyl (C=S) groups is 1. The van der Waals surface area contributed by atoms with Gasteiger partial charge in [0.2, 0.25) is 0 Å². The van der Waals surface area contributed by atoms with Crippen LogP contribution in [0.2, 0.25) is 0 Å². The summed E-state index contributed by atoms with van der Waals surface area (Å²) in [5.74, 6) is -0.742. The molecule has 1 aromatic heterocycles. The van der Waals surface area contributed by atoms with Crippen molar-refractivity contribution in [2.75, 3.05) is 44.0 Å². The SMILES string of the molecule is CCc1c(C)sc(NC(=S)Nc2ccc(C(=O)OCCN(CC)CC)cc2)c1C(=O)OC. The fraction of sp³-hybridized carbons (Fsp3) is 0.435. The first kappa shape index (κ1) is 25.8. The van der Waals surface area contributed by atoms with Crippen molar-refractivity contribution in [1.29, 1.82) is 0 Å². The summed E-state index contributed by atoms with van der Waals surface area (Å²) in [5.41, 5.74) is 2.66. The molecule has 0 atom stereocenters. The Labute approximate surface area is 199 Å². The fourth-order valence-electron chi connectivity index (χ4n) is 3.26. The van der Waals surface area contributed by atoms with Crippen LogP contribution in [0, 0.1) is 6.92 Å². The molecule has 1 aromatic carbocycles. The van der Waals surface area contributed by atoms with Gasteiger partial charge in [0.1, 0.15) is 11.6 Å². The molecular weight excluding hydrogens is 446 g/mol. The zero-order valence-electron chi connectivity index (χ0n) is 19.2. The molecule has 174 valence electrons. The Kier molecular flexibility index (Phi) is 10.1. The lowest BCUT2D eigenvalue weighted by molar-refractivity contribution is 0.0466. The summed E-state index contributed by atoms with van der Waals surface area (Å²) in [6.45, 7) is 11.0. The maximum absolute atomic E-state index is 12.2. The first-order valence-electron chi connectivity index (χ1n) is 10.6. The second-order valence-corrected chi connectivity index (χ2v) is 8.64. The standard InChI is InChI=1S/C23H31N3O4S2/c1-6-18-15(4)32-20(19(18)22(28)29-5)25-23(31)24-17-11-9-16(10-12-17)21(27)30-14-13-26(7-2)8-3/h9-12H,6-8,13-14H2,1-5H3,(H2,24,25,31). The van der Waals surface area contributed by atoms with Gasteiger partial charge in [0, 0.05) is 17.1 Å². The first-order valence-corrected chi connectivity index (χ1v) is 11.8. The predicted octanol–water partition coefficient (Wildman–Crippen LogP) is 4.71. The van der Waals surface area contributed by atoms with Crippen molar-refractivity contribution < 1.29 is 19.1 Å². The van der Waals surface area contributed by atoms with Gasteiger partial charge in [-0.1, -0.05) is 20.8 Å². The number of benzene rings is 1. The smallest absolute Gasteiger partial charge is 0.341 e. The molecule has 2 N–H and O–H groups in total. The van der Waals surface area contributed by atoms with Crippen molar-refractivity contribution in [2.24, 2.45) is 0 Å². The summed E-state index contributed by atoms with van der Waals surface area (Å²) in [4.78, 5) is 27.7. The number of rotatable bonds is 10. The molecule has 2 aromatic rings. The number of esters is 2. The molecule has 7 nitrogen and oxygen atoms in total. The molecule has 0 spiro atoms. The van der Waals surface area contributed by atoms with Crippen LogP contribution in [0.25, 0.3) is 0 Å². The fourth-order valence-corrected chi connectivity index (χ4v) is 4.68. The Bertz CT molecular complexity index is 937. The molecule has 1 heterocycles. The highest BCUT2D eigenvalue weighted by atomic mass is 32.1. The lowest BCUT2D eigenvalue weighted by atomic mass is 10.1. The molecule has 0 radical (unpaired) electrons. The molecule has 0 amide bonds. The molecule has 32 heavy (non-hydrogen) atoms. The van der Waals surface area contributed by atoms with E-state index in [0.717, 1.165) is 30.0 Å². The summed E-state index contributed by atoms with van der Waals surface area (Å²) in [6.07, 6.45) is 0.723. The van der Waals surface area contributed by atoms with Crippen LogP contribution in [0.1, 0.15) is 51.9 Å². The molecule has 2 rings (SSSR count). The molecule has 0 aliphatic heterocycles. The third kappa shape index (κ3) is 6.75. The molecule has 0 aliphatic carbocycles. The normalized spacial score (nSPS) is 10.7. The average molecular weight is 478 g/mol. The van der Waals surface area contributed by atoms with Crippen molar-refractivity contribution in [3.63, 3.8) is 0 Å². The zero-order chi connectivity index (χ0) is 23.7. The molecule has 0 fully saturated rings. The van der Waals surface area contributed by atoms with Crippen molar-refractivity contribution in [1.82, 2.24) is 4.90 Å². The summed E-state index contributed by atoms with van der Waals surface area (Å²) >= 11 is 6.88. The zero-order valence-corrected chi connectivity index (χ0v) is 20.9. The minimum Gasteiger partial charge on any atom is -0.465 e. The van der Waals surface area contributed by atoms with E-state index in [1.54, 1.807) is 24.3 Å². The second-order valence-electron chi connectivity index (χ2n) is 7.01. The van der Waals surface area contributed by atoms with Crippen molar-refractivity contribution >= 4 is 51.3 Å². The number of likely N-dealkylation sites (N-methyl/N-ethyl adjacent to an activating group) is 1. The van der Waals surface area contributed by atoms with E-state index >= 15 is 0 Å². The maximum atomic E-state index is 12.2. The largest absolute Gasteiger partial charge is 0.465 e. The maximum Gasteiger partial charge on any atom is 0.341 e. The molecular formula is C23H31N3O4S2. The summed E-state index contributed by atoms with van der Waals surface area (Å²) in [7, 11) is 1.37. The minimum atomic E-state index is -0.389. The van der Waals surface area contributed by atoms with Gasteiger partial charge in [0.05, 0.1) is 18.2 Å². The highest BCUT2D eigenvalue weighted by Gasteiger charge is 2.22. The lowest BCUT2D eigenvalue weighted by Crippen LogP contribution is -2.27. The van der Waals surface area contributed by atoms with E-state index in [9.17, 15) is 9.59 Å². The van der Waals surface area contributed by atoms with Crippen LogP contribution in [-0.4, -0.2) is 55.3 Å². The van der Waals surface area contributed by atoms with E-state index < -0.39 is 0 Å². The quantitative estimate of drug-likeness (QED) is 0.376. The van der Waals surface area contributed by atoms with E-state index in [2.05, 4.69) is 29.4 Å². The molecule has 0 saturated heterocycles. The van der Waals surface area contributed by atoms with Gasteiger partial charge in [-0.05, 0) is 68.5 Å². The van der Waals surface area contributed by atoms with Gasteiger partial charge < -0.3 is 25.0 Å². The van der Waals surface area contributed by atoms with E-state index in [1.165, 1.54) is 18.4 Å². The number of methoxy groups -OCH3 is 1. The number of nitrogens with zero attached hydrogens (tertiary/aromatic N) is 1. The van der Waals surface area contributed by atoms with Gasteiger partial charge >= 0.3 is 11.9 Å². The average Bonchev–Trinajstić information content (AvgIpc) is 3.10. The van der Waals surface area contributed by atoms with Crippen LogP contribution in [0.3, 0.4) is 0 Å². The van der Waals surface area contributed by atoms with Crippen molar-refractivity contribution in [3.05, 3.63) is 45.8 Å². The summed E-state index contributed by atoms with van der Waals surface area (Å²) < 4.78 is 10.3. The highest BCUT2D eigenvalue weighted by Crippen LogP contribution is 2.34. The van der Waals surface area contributed by atoms with Gasteiger partial charge in [-0.2, -0.15) is 0 Å². The third-order valence-electron chi connectivity index (χ3n) is 5.09. The highest BCUT2D eigenvalue weighted by molar-refractivity contribution is 7.80. The number of hydrogen-bond acceptors (Lipinski definition) is 7. The Morgan fingerprint density at radius 3 is 2.28 bits per heavy atom. The summed E-state index contributed by atoms with van der Waals surface area (Å²) in [5, 5.41) is 7.17. The van der Waals surface area contributed by atoms with Gasteiger partial charge in [0.25, 0.3) is 0 Å². The van der Waals surface area contributed by atoms with Crippen LogP contribution < -0.4 is 10.6 Å². The van der Waals surface area contributed by atoms with Crippen LogP contribution in [-0.2, 0) is 15.9 Å².